The Labute approximate surface area is 102 Å². The quantitative estimate of drug-likeness (QED) is 0.659. The number of hydrogen-bond acceptors (Lipinski definition) is 3. The number of rotatable bonds is 7. The lowest BCUT2D eigenvalue weighted by Gasteiger charge is -2.14. The van der Waals surface area contributed by atoms with Crippen molar-refractivity contribution < 1.29 is 19.2 Å². The predicted molar refractivity (Wildman–Crippen MR) is 67.2 cm³/mol. The first-order chi connectivity index (χ1) is 7.94. The zero-order chi connectivity index (χ0) is 12.9. The van der Waals surface area contributed by atoms with Gasteiger partial charge in [0.25, 0.3) is 0 Å². The van der Waals surface area contributed by atoms with Crippen LogP contribution >= 0.6 is 15.9 Å². The summed E-state index contributed by atoms with van der Waals surface area (Å²) in [5.41, 5.74) is 0.922. The van der Waals surface area contributed by atoms with Crippen LogP contribution in [0.4, 0.5) is 0 Å². The highest BCUT2D eigenvalue weighted by molar-refractivity contribution is 7.55. The summed E-state index contributed by atoms with van der Waals surface area (Å²) in [6, 6.07) is 0. The largest absolute Gasteiger partial charge is 0.354 e. The van der Waals surface area contributed by atoms with Crippen molar-refractivity contribution >= 4 is 15.9 Å². The second-order valence-electron chi connectivity index (χ2n) is 3.82. The van der Waals surface area contributed by atoms with Gasteiger partial charge in [-0.2, -0.15) is 0 Å². The van der Waals surface area contributed by atoms with Gasteiger partial charge in [0, 0.05) is 18.1 Å². The molecule has 0 saturated heterocycles. The Morgan fingerprint density at radius 2 is 2.24 bits per heavy atom. The maximum Gasteiger partial charge on any atom is 0.326 e. The lowest BCUT2D eigenvalue weighted by Crippen LogP contribution is -2.03. The van der Waals surface area contributed by atoms with Crippen molar-refractivity contribution in [1.82, 2.24) is 9.32 Å². The van der Waals surface area contributed by atoms with Gasteiger partial charge in [0.15, 0.2) is 0 Å². The first-order valence-corrected chi connectivity index (χ1v) is 8.69. The van der Waals surface area contributed by atoms with Crippen LogP contribution in [0, 0.1) is 0 Å². The van der Waals surface area contributed by atoms with Crippen molar-refractivity contribution in [3.05, 3.63) is 18.2 Å². The first kappa shape index (κ1) is 14.8. The van der Waals surface area contributed by atoms with Crippen LogP contribution in [-0.4, -0.2) is 36.3 Å². The smallest absolute Gasteiger partial charge is 0.326 e. The average Bonchev–Trinajstić information content (AvgIpc) is 2.70. The van der Waals surface area contributed by atoms with Crippen LogP contribution < -0.4 is 0 Å². The van der Waals surface area contributed by atoms with E-state index in [1.54, 1.807) is 10.5 Å². The van der Waals surface area contributed by atoms with Crippen LogP contribution in [0.1, 0.15) is 25.5 Å². The number of aryl methyl sites for hydroxylation is 1. The highest BCUT2D eigenvalue weighted by Crippen LogP contribution is 2.41. The van der Waals surface area contributed by atoms with Crippen molar-refractivity contribution in [2.75, 3.05) is 12.3 Å². The number of unbranched alkanes of at least 4 members (excludes halogenated alkanes) is 1. The number of imidazole rings is 1. The molecule has 1 aromatic rings. The van der Waals surface area contributed by atoms with E-state index >= 15 is 0 Å². The maximum absolute atomic E-state index is 10.7. The summed E-state index contributed by atoms with van der Waals surface area (Å²) >= 11 is 0. The van der Waals surface area contributed by atoms with E-state index in [4.69, 9.17) is 9.79 Å². The van der Waals surface area contributed by atoms with Crippen LogP contribution in [0.3, 0.4) is 0 Å². The Morgan fingerprint density at radius 3 is 2.82 bits per heavy atom. The minimum atomic E-state index is -4.04. The second-order valence-corrected chi connectivity index (χ2v) is 7.22. The van der Waals surface area contributed by atoms with Crippen molar-refractivity contribution in [1.29, 1.82) is 0 Å². The van der Waals surface area contributed by atoms with E-state index in [9.17, 15) is 9.46 Å². The van der Waals surface area contributed by atoms with Gasteiger partial charge in [-0.25, -0.2) is 4.98 Å². The lowest BCUT2D eigenvalue weighted by atomic mass is 10.2. The summed E-state index contributed by atoms with van der Waals surface area (Å²) in [6.07, 6.45) is 5.90. The van der Waals surface area contributed by atoms with E-state index in [2.05, 4.69) is 11.9 Å². The van der Waals surface area contributed by atoms with Gasteiger partial charge < -0.3 is 14.7 Å². The summed E-state index contributed by atoms with van der Waals surface area (Å²) < 4.78 is 12.4. The Bertz CT molecular complexity index is 390. The molecular formula is C9H18N2O4P2. The summed E-state index contributed by atoms with van der Waals surface area (Å²) in [7, 11) is -5.61. The Balaban J connectivity index is 2.59. The fourth-order valence-electron chi connectivity index (χ4n) is 1.39. The molecule has 0 aromatic carbocycles. The molecule has 0 aliphatic heterocycles. The molecule has 8 heteroatoms. The molecule has 0 fully saturated rings. The molecule has 0 amide bonds. The topological polar surface area (TPSA) is 95.6 Å². The predicted octanol–water partition coefficient (Wildman–Crippen LogP) is 1.56. The molecule has 0 spiro atoms. The molecule has 1 heterocycles. The maximum atomic E-state index is 10.7. The summed E-state index contributed by atoms with van der Waals surface area (Å²) in [5.74, 6) is 0. The van der Waals surface area contributed by atoms with E-state index in [1.807, 2.05) is 0 Å². The summed E-state index contributed by atoms with van der Waals surface area (Å²) in [5, 5.41) is 0. The Hall–Kier alpha value is -0.250. The minimum absolute atomic E-state index is 0.0924. The zero-order valence-corrected chi connectivity index (χ0v) is 11.5. The van der Waals surface area contributed by atoms with Crippen LogP contribution in [0.25, 0.3) is 0 Å². The van der Waals surface area contributed by atoms with Crippen LogP contribution in [0.15, 0.2) is 12.5 Å². The molecule has 98 valence electrons. The van der Waals surface area contributed by atoms with Gasteiger partial charge >= 0.3 is 7.60 Å². The molecule has 0 bridgehead atoms. The van der Waals surface area contributed by atoms with Gasteiger partial charge in [-0.05, 0) is 12.8 Å². The summed E-state index contributed by atoms with van der Waals surface area (Å²) in [4.78, 5) is 31.4. The normalized spacial score (nSPS) is 13.9. The van der Waals surface area contributed by atoms with E-state index in [1.165, 1.54) is 6.33 Å². The fraction of sp³-hybridized carbons (Fsp3) is 0.667. The van der Waals surface area contributed by atoms with Crippen LogP contribution in [0.5, 0.6) is 0 Å². The van der Waals surface area contributed by atoms with Gasteiger partial charge in [-0.1, -0.05) is 13.3 Å². The monoisotopic (exact) mass is 280 g/mol. The Kier molecular flexibility index (Phi) is 5.77. The van der Waals surface area contributed by atoms with Gasteiger partial charge in [0.2, 0.25) is 0 Å². The summed E-state index contributed by atoms with van der Waals surface area (Å²) in [6.45, 7) is 2.08. The fourth-order valence-corrected chi connectivity index (χ4v) is 3.99. The minimum Gasteiger partial charge on any atom is -0.354 e. The third-order valence-corrected chi connectivity index (χ3v) is 4.96. The van der Waals surface area contributed by atoms with E-state index in [0.717, 1.165) is 25.0 Å². The molecule has 0 radical (unpaired) electrons. The van der Waals surface area contributed by atoms with Gasteiger partial charge in [0.1, 0.15) is 8.30 Å². The standard InChI is InChI=1S/C9H18N2O4P2/c1-2-3-4-9-7-10-8-11(9)16(12)5-6-17(13,14)15/h7-8,12H,2-6H2,1H3,(H2,13,14,15). The molecule has 0 saturated carbocycles. The molecule has 6 nitrogen and oxygen atoms in total. The van der Waals surface area contributed by atoms with E-state index in [-0.39, 0.29) is 12.3 Å². The van der Waals surface area contributed by atoms with Crippen LogP contribution in [-0.2, 0) is 11.0 Å². The molecule has 1 atom stereocenters. The zero-order valence-electron chi connectivity index (χ0n) is 9.73. The van der Waals surface area contributed by atoms with Crippen LogP contribution in [0.2, 0.25) is 0 Å². The number of aromatic nitrogens is 2. The number of hydrogen-bond donors (Lipinski definition) is 3. The van der Waals surface area contributed by atoms with E-state index < -0.39 is 15.9 Å². The second kappa shape index (κ2) is 6.62. The molecule has 0 aliphatic carbocycles. The van der Waals surface area contributed by atoms with Crippen molar-refractivity contribution in [2.24, 2.45) is 0 Å². The Morgan fingerprint density at radius 1 is 1.53 bits per heavy atom. The molecule has 0 aliphatic rings. The average molecular weight is 280 g/mol. The molecular weight excluding hydrogens is 262 g/mol. The third-order valence-electron chi connectivity index (χ3n) is 2.32. The highest BCUT2D eigenvalue weighted by Gasteiger charge is 2.18. The van der Waals surface area contributed by atoms with Gasteiger partial charge in [-0.3, -0.25) is 8.90 Å². The van der Waals surface area contributed by atoms with Crippen molar-refractivity contribution in [2.45, 2.75) is 26.2 Å². The molecule has 1 unspecified atom stereocenters. The third kappa shape index (κ3) is 5.28. The molecule has 3 N–H and O–H groups in total. The van der Waals surface area contributed by atoms with E-state index in [0.29, 0.717) is 0 Å². The molecule has 1 rings (SSSR count). The first-order valence-electron chi connectivity index (χ1n) is 5.46. The highest BCUT2D eigenvalue weighted by atomic mass is 31.2. The molecule has 1 aromatic heterocycles. The van der Waals surface area contributed by atoms with Gasteiger partial charge in [-0.15, -0.1) is 0 Å². The van der Waals surface area contributed by atoms with Crippen molar-refractivity contribution in [3.63, 3.8) is 0 Å². The van der Waals surface area contributed by atoms with Crippen molar-refractivity contribution in [3.8, 4) is 0 Å². The number of nitrogens with zero attached hydrogens (tertiary/aromatic N) is 2. The molecule has 17 heavy (non-hydrogen) atoms. The lowest BCUT2D eigenvalue weighted by molar-refractivity contribution is 0.374. The SMILES string of the molecule is CCCCc1cncn1P(O)CCP(=O)(O)O. The van der Waals surface area contributed by atoms with Gasteiger partial charge in [0.05, 0.1) is 12.5 Å².